The van der Waals surface area contributed by atoms with Gasteiger partial charge in [-0.25, -0.2) is 4.79 Å². The smallest absolute Gasteiger partial charge is 0.410 e. The topological polar surface area (TPSA) is 68.3 Å². The molecule has 0 bridgehead atoms. The van der Waals surface area contributed by atoms with Crippen LogP contribution < -0.4 is 4.90 Å². The van der Waals surface area contributed by atoms with E-state index in [9.17, 15) is 9.59 Å². The van der Waals surface area contributed by atoms with Crippen LogP contribution in [0, 0.1) is 0 Å². The van der Waals surface area contributed by atoms with E-state index in [1.165, 1.54) is 0 Å². The Kier molecular flexibility index (Phi) is 5.72. The highest BCUT2D eigenvalue weighted by Gasteiger charge is 2.59. The highest BCUT2D eigenvalue weighted by atomic mass is 16.7. The van der Waals surface area contributed by atoms with Crippen molar-refractivity contribution >= 4 is 17.7 Å². The quantitative estimate of drug-likeness (QED) is 0.684. The number of hydrogen-bond acceptors (Lipinski definition) is 5. The number of carbonyl (C=O) groups excluding carboxylic acids is 2. The Morgan fingerprint density at radius 3 is 2.37 bits per heavy atom. The molecule has 0 unspecified atom stereocenters. The van der Waals surface area contributed by atoms with Crippen molar-refractivity contribution in [1.82, 2.24) is 4.90 Å². The van der Waals surface area contributed by atoms with Gasteiger partial charge in [0.2, 0.25) is 5.91 Å². The Morgan fingerprint density at radius 1 is 1.15 bits per heavy atom. The number of anilines is 1. The molecule has 1 fully saturated rings. The zero-order chi connectivity index (χ0) is 19.6. The number of para-hydroxylation sites is 1. The molecule has 0 saturated carbocycles. The fraction of sp³-hybridized carbons (Fsp3) is 0.600. The lowest BCUT2D eigenvalue weighted by molar-refractivity contribution is -0.139. The summed E-state index contributed by atoms with van der Waals surface area (Å²) in [4.78, 5) is 28.8. The number of fused-ring (bicyclic) bond motifs is 2. The molecule has 2 aliphatic heterocycles. The van der Waals surface area contributed by atoms with E-state index in [1.54, 1.807) is 9.80 Å². The van der Waals surface area contributed by atoms with Crippen molar-refractivity contribution in [3.8, 4) is 0 Å². The Bertz CT molecular complexity index is 693. The van der Waals surface area contributed by atoms with Gasteiger partial charge in [0.05, 0.1) is 12.6 Å². The fourth-order valence-corrected chi connectivity index (χ4v) is 3.77. The molecule has 148 valence electrons. The van der Waals surface area contributed by atoms with Crippen LogP contribution >= 0.6 is 0 Å². The van der Waals surface area contributed by atoms with E-state index in [0.29, 0.717) is 32.8 Å². The Labute approximate surface area is 160 Å². The second kappa shape index (κ2) is 7.86. The summed E-state index contributed by atoms with van der Waals surface area (Å²) >= 11 is 0. The summed E-state index contributed by atoms with van der Waals surface area (Å²) < 4.78 is 16.5. The third kappa shape index (κ3) is 3.53. The van der Waals surface area contributed by atoms with Crippen molar-refractivity contribution < 1.29 is 23.8 Å². The highest BCUT2D eigenvalue weighted by molar-refractivity contribution is 6.10. The first kappa shape index (κ1) is 19.6. The van der Waals surface area contributed by atoms with Crippen LogP contribution in [0.3, 0.4) is 0 Å². The van der Waals surface area contributed by atoms with Gasteiger partial charge < -0.3 is 24.0 Å². The molecule has 7 nitrogen and oxygen atoms in total. The van der Waals surface area contributed by atoms with Crippen molar-refractivity contribution in [2.75, 3.05) is 37.7 Å². The zero-order valence-corrected chi connectivity index (χ0v) is 16.4. The van der Waals surface area contributed by atoms with Crippen LogP contribution in [0.5, 0.6) is 0 Å². The van der Waals surface area contributed by atoms with Crippen LogP contribution in [0.2, 0.25) is 0 Å². The van der Waals surface area contributed by atoms with Gasteiger partial charge in [-0.15, -0.1) is 0 Å². The van der Waals surface area contributed by atoms with Gasteiger partial charge in [0, 0.05) is 32.0 Å². The minimum Gasteiger partial charge on any atom is -0.447 e. The molecule has 0 N–H and O–H groups in total. The molecular formula is C20H28N2O5. The monoisotopic (exact) mass is 376 g/mol. The van der Waals surface area contributed by atoms with Crippen LogP contribution in [-0.4, -0.2) is 62.1 Å². The number of likely N-dealkylation sites (tertiary alicyclic amines) is 1. The predicted octanol–water partition coefficient (Wildman–Crippen LogP) is 2.53. The molecule has 0 radical (unpaired) electrons. The second-order valence-corrected chi connectivity index (χ2v) is 7.14. The molecule has 0 aliphatic carbocycles. The standard InChI is InChI=1S/C20H28N2O5/c1-5-25-17(26-6-2)11-22-16-10-8-7-9-15(16)20(18(22)23)12-21(13-20)19(24)27-14(3)4/h7-10,14,17H,5-6,11-13H2,1-4H3. The number of nitrogens with zero attached hydrogens (tertiary/aromatic N) is 2. The lowest BCUT2D eigenvalue weighted by atomic mass is 9.75. The van der Waals surface area contributed by atoms with Gasteiger partial charge in [0.1, 0.15) is 5.41 Å². The van der Waals surface area contributed by atoms with E-state index in [2.05, 4.69) is 0 Å². The predicted molar refractivity (Wildman–Crippen MR) is 101 cm³/mol. The molecule has 3 rings (SSSR count). The van der Waals surface area contributed by atoms with Gasteiger partial charge >= 0.3 is 6.09 Å². The van der Waals surface area contributed by atoms with Crippen LogP contribution in [0.1, 0.15) is 33.3 Å². The van der Waals surface area contributed by atoms with Gasteiger partial charge in [-0.05, 0) is 39.3 Å². The van der Waals surface area contributed by atoms with E-state index < -0.39 is 11.7 Å². The molecule has 2 aliphatic rings. The lowest BCUT2D eigenvalue weighted by Crippen LogP contribution is -2.65. The maximum Gasteiger partial charge on any atom is 0.410 e. The fourth-order valence-electron chi connectivity index (χ4n) is 3.77. The lowest BCUT2D eigenvalue weighted by Gasteiger charge is -2.46. The summed E-state index contributed by atoms with van der Waals surface area (Å²) in [6.45, 7) is 9.43. The normalized spacial score (nSPS) is 17.6. The van der Waals surface area contributed by atoms with Gasteiger partial charge in [0.15, 0.2) is 6.29 Å². The van der Waals surface area contributed by atoms with Crippen molar-refractivity contribution in [1.29, 1.82) is 0 Å². The molecule has 0 aromatic heterocycles. The largest absolute Gasteiger partial charge is 0.447 e. The number of ether oxygens (including phenoxy) is 3. The number of rotatable bonds is 7. The number of benzene rings is 1. The van der Waals surface area contributed by atoms with Crippen LogP contribution in [0.4, 0.5) is 10.5 Å². The molecule has 2 amide bonds. The molecule has 7 heteroatoms. The SMILES string of the molecule is CCOC(CN1C(=O)C2(CN(C(=O)OC(C)C)C2)c2ccccc21)OCC. The average Bonchev–Trinajstić information content (AvgIpc) is 2.82. The first-order valence-electron chi connectivity index (χ1n) is 9.53. The van der Waals surface area contributed by atoms with Crippen molar-refractivity contribution in [2.45, 2.75) is 45.5 Å². The van der Waals surface area contributed by atoms with Gasteiger partial charge in [-0.3, -0.25) is 4.79 Å². The number of hydrogen-bond donors (Lipinski definition) is 0. The zero-order valence-electron chi connectivity index (χ0n) is 16.4. The summed E-state index contributed by atoms with van der Waals surface area (Å²) in [6, 6.07) is 7.74. The summed E-state index contributed by atoms with van der Waals surface area (Å²) in [5, 5.41) is 0. The van der Waals surface area contributed by atoms with Gasteiger partial charge in [0.25, 0.3) is 0 Å². The Balaban J connectivity index is 1.80. The van der Waals surface area contributed by atoms with Crippen molar-refractivity contribution in [3.63, 3.8) is 0 Å². The third-order valence-electron chi connectivity index (χ3n) is 4.92. The first-order chi connectivity index (χ1) is 12.9. The van der Waals surface area contributed by atoms with E-state index >= 15 is 0 Å². The third-order valence-corrected chi connectivity index (χ3v) is 4.92. The summed E-state index contributed by atoms with van der Waals surface area (Å²) in [7, 11) is 0. The van der Waals surface area contributed by atoms with Gasteiger partial charge in [-0.2, -0.15) is 0 Å². The average molecular weight is 376 g/mol. The van der Waals surface area contributed by atoms with E-state index in [4.69, 9.17) is 14.2 Å². The Hall–Kier alpha value is -2.12. The van der Waals surface area contributed by atoms with Gasteiger partial charge in [-0.1, -0.05) is 18.2 Å². The first-order valence-corrected chi connectivity index (χ1v) is 9.53. The van der Waals surface area contributed by atoms with Crippen molar-refractivity contribution in [2.24, 2.45) is 0 Å². The van der Waals surface area contributed by atoms with E-state index in [-0.39, 0.29) is 18.1 Å². The molecular weight excluding hydrogens is 348 g/mol. The molecule has 1 aromatic rings. The molecule has 1 spiro atoms. The van der Waals surface area contributed by atoms with Crippen LogP contribution in [0.15, 0.2) is 24.3 Å². The molecule has 0 atom stereocenters. The maximum atomic E-state index is 13.3. The summed E-state index contributed by atoms with van der Waals surface area (Å²) in [6.07, 6.45) is -1.04. The second-order valence-electron chi connectivity index (χ2n) is 7.14. The number of amides is 2. The highest BCUT2D eigenvalue weighted by Crippen LogP contribution is 2.47. The van der Waals surface area contributed by atoms with E-state index in [1.807, 2.05) is 52.0 Å². The molecule has 1 aromatic carbocycles. The minimum atomic E-state index is -0.699. The number of carbonyl (C=O) groups is 2. The maximum absolute atomic E-state index is 13.3. The summed E-state index contributed by atoms with van der Waals surface area (Å²) in [5.74, 6) is -0.0123. The molecule has 27 heavy (non-hydrogen) atoms. The minimum absolute atomic E-state index is 0.0123. The van der Waals surface area contributed by atoms with Crippen LogP contribution in [-0.2, 0) is 24.4 Å². The van der Waals surface area contributed by atoms with E-state index in [0.717, 1.165) is 11.3 Å². The Morgan fingerprint density at radius 2 is 1.78 bits per heavy atom. The summed E-state index contributed by atoms with van der Waals surface area (Å²) in [5.41, 5.74) is 1.12. The van der Waals surface area contributed by atoms with Crippen molar-refractivity contribution in [3.05, 3.63) is 29.8 Å². The van der Waals surface area contributed by atoms with Crippen LogP contribution in [0.25, 0.3) is 0 Å². The molecule has 2 heterocycles. The molecule has 1 saturated heterocycles.